The number of carbonyl (C=O) groups excluding carboxylic acids is 1. The van der Waals surface area contributed by atoms with Gasteiger partial charge in [0.05, 0.1) is 0 Å². The van der Waals surface area contributed by atoms with E-state index < -0.39 is 0 Å². The first kappa shape index (κ1) is 14.6. The molecule has 20 heavy (non-hydrogen) atoms. The van der Waals surface area contributed by atoms with Gasteiger partial charge in [0.25, 0.3) is 5.91 Å². The fraction of sp³-hybridized carbons (Fsp3) is 0.188. The Bertz CT molecular complexity index is 594. The molecule has 2 rings (SSSR count). The monoisotopic (exact) mass is 332 g/mol. The van der Waals surface area contributed by atoms with Crippen molar-refractivity contribution in [2.45, 2.75) is 6.54 Å². The zero-order valence-corrected chi connectivity index (χ0v) is 13.1. The van der Waals surface area contributed by atoms with Crippen LogP contribution in [0.25, 0.3) is 0 Å². The zero-order valence-electron chi connectivity index (χ0n) is 11.6. The van der Waals surface area contributed by atoms with Gasteiger partial charge in [-0.1, -0.05) is 28.1 Å². The first-order valence-electron chi connectivity index (χ1n) is 6.36. The molecule has 0 atom stereocenters. The van der Waals surface area contributed by atoms with Gasteiger partial charge >= 0.3 is 0 Å². The van der Waals surface area contributed by atoms with E-state index in [0.717, 1.165) is 16.7 Å². The van der Waals surface area contributed by atoms with E-state index in [1.807, 2.05) is 36.4 Å². The van der Waals surface area contributed by atoms with Crippen LogP contribution in [0.15, 0.2) is 53.0 Å². The first-order valence-corrected chi connectivity index (χ1v) is 7.15. The van der Waals surface area contributed by atoms with Gasteiger partial charge in [-0.3, -0.25) is 4.79 Å². The number of amides is 1. The molecule has 0 radical (unpaired) electrons. The van der Waals surface area contributed by atoms with Crippen molar-refractivity contribution in [1.29, 1.82) is 0 Å². The Morgan fingerprint density at radius 3 is 2.45 bits per heavy atom. The smallest absolute Gasteiger partial charge is 0.253 e. The van der Waals surface area contributed by atoms with E-state index in [4.69, 9.17) is 0 Å². The standard InChI is InChI=1S/C16H17BrN2O/c1-19(2)16(20)13-6-8-15(9-7-13)18-11-12-4-3-5-14(17)10-12/h3-10,18H,11H2,1-2H3. The van der Waals surface area contributed by atoms with E-state index in [2.05, 4.69) is 33.4 Å². The molecule has 0 aliphatic heterocycles. The van der Waals surface area contributed by atoms with Gasteiger partial charge in [0.15, 0.2) is 0 Å². The summed E-state index contributed by atoms with van der Waals surface area (Å²) in [6.45, 7) is 0.750. The lowest BCUT2D eigenvalue weighted by Gasteiger charge is -2.11. The van der Waals surface area contributed by atoms with Crippen LogP contribution in [0.2, 0.25) is 0 Å². The van der Waals surface area contributed by atoms with Gasteiger partial charge in [-0.25, -0.2) is 0 Å². The van der Waals surface area contributed by atoms with Gasteiger partial charge in [-0.2, -0.15) is 0 Å². The molecule has 0 saturated carbocycles. The lowest BCUT2D eigenvalue weighted by molar-refractivity contribution is 0.0827. The van der Waals surface area contributed by atoms with Gasteiger partial charge in [0.1, 0.15) is 0 Å². The minimum Gasteiger partial charge on any atom is -0.381 e. The molecule has 0 saturated heterocycles. The second-order valence-electron chi connectivity index (χ2n) is 4.76. The first-order chi connectivity index (χ1) is 9.56. The van der Waals surface area contributed by atoms with E-state index in [0.29, 0.717) is 5.56 Å². The van der Waals surface area contributed by atoms with Gasteiger partial charge in [0, 0.05) is 36.4 Å². The third-order valence-electron chi connectivity index (χ3n) is 2.92. The summed E-state index contributed by atoms with van der Waals surface area (Å²) in [4.78, 5) is 13.3. The highest BCUT2D eigenvalue weighted by Crippen LogP contribution is 2.15. The molecule has 4 heteroatoms. The van der Waals surface area contributed by atoms with Crippen LogP contribution < -0.4 is 5.32 Å². The minimum atomic E-state index is 0.0172. The highest BCUT2D eigenvalue weighted by molar-refractivity contribution is 9.10. The maximum Gasteiger partial charge on any atom is 0.253 e. The van der Waals surface area contributed by atoms with Crippen LogP contribution in [0.5, 0.6) is 0 Å². The average Bonchev–Trinajstić information content (AvgIpc) is 2.45. The number of nitrogens with zero attached hydrogens (tertiary/aromatic N) is 1. The van der Waals surface area contributed by atoms with E-state index in [-0.39, 0.29) is 5.91 Å². The van der Waals surface area contributed by atoms with Crippen LogP contribution in [0.1, 0.15) is 15.9 Å². The number of hydrogen-bond donors (Lipinski definition) is 1. The molecule has 3 nitrogen and oxygen atoms in total. The summed E-state index contributed by atoms with van der Waals surface area (Å²) >= 11 is 3.46. The molecule has 0 bridgehead atoms. The van der Waals surface area contributed by atoms with Crippen molar-refractivity contribution in [3.05, 3.63) is 64.1 Å². The topological polar surface area (TPSA) is 32.3 Å². The Morgan fingerprint density at radius 1 is 1.15 bits per heavy atom. The zero-order chi connectivity index (χ0) is 14.5. The van der Waals surface area contributed by atoms with Crippen LogP contribution in [0.3, 0.4) is 0 Å². The summed E-state index contributed by atoms with van der Waals surface area (Å²) in [6.07, 6.45) is 0. The van der Waals surface area contributed by atoms with Gasteiger partial charge in [-0.05, 0) is 42.0 Å². The quantitative estimate of drug-likeness (QED) is 0.924. The normalized spacial score (nSPS) is 10.2. The van der Waals surface area contributed by atoms with E-state index in [1.165, 1.54) is 5.56 Å². The second-order valence-corrected chi connectivity index (χ2v) is 5.68. The fourth-order valence-corrected chi connectivity index (χ4v) is 2.29. The van der Waals surface area contributed by atoms with Crippen molar-refractivity contribution >= 4 is 27.5 Å². The van der Waals surface area contributed by atoms with Gasteiger partial charge < -0.3 is 10.2 Å². The van der Waals surface area contributed by atoms with Crippen LogP contribution in [-0.4, -0.2) is 24.9 Å². The second kappa shape index (κ2) is 6.57. The third-order valence-corrected chi connectivity index (χ3v) is 3.42. The molecule has 0 fully saturated rings. The van der Waals surface area contributed by atoms with Crippen LogP contribution in [0.4, 0.5) is 5.69 Å². The molecular formula is C16H17BrN2O. The Hall–Kier alpha value is -1.81. The van der Waals surface area contributed by atoms with Crippen LogP contribution in [-0.2, 0) is 6.54 Å². The summed E-state index contributed by atoms with van der Waals surface area (Å²) in [5.41, 5.74) is 2.90. The summed E-state index contributed by atoms with van der Waals surface area (Å²) in [5, 5.41) is 3.34. The number of rotatable bonds is 4. The number of carbonyl (C=O) groups is 1. The maximum absolute atomic E-state index is 11.8. The number of hydrogen-bond acceptors (Lipinski definition) is 2. The summed E-state index contributed by atoms with van der Waals surface area (Å²) in [5.74, 6) is 0.0172. The third kappa shape index (κ3) is 3.84. The van der Waals surface area contributed by atoms with E-state index >= 15 is 0 Å². The van der Waals surface area contributed by atoms with Crippen LogP contribution >= 0.6 is 15.9 Å². The molecule has 2 aromatic carbocycles. The van der Waals surface area contributed by atoms with Crippen molar-refractivity contribution in [2.75, 3.05) is 19.4 Å². The predicted octanol–water partition coefficient (Wildman–Crippen LogP) is 3.76. The van der Waals surface area contributed by atoms with Gasteiger partial charge in [0.2, 0.25) is 0 Å². The molecule has 0 spiro atoms. The molecule has 1 N–H and O–H groups in total. The highest BCUT2D eigenvalue weighted by Gasteiger charge is 2.06. The molecule has 0 heterocycles. The molecular weight excluding hydrogens is 316 g/mol. The molecule has 0 aliphatic rings. The molecule has 104 valence electrons. The summed E-state index contributed by atoms with van der Waals surface area (Å²) in [6, 6.07) is 15.7. The van der Waals surface area contributed by atoms with Crippen molar-refractivity contribution in [3.8, 4) is 0 Å². The van der Waals surface area contributed by atoms with Gasteiger partial charge in [-0.15, -0.1) is 0 Å². The van der Waals surface area contributed by atoms with E-state index in [9.17, 15) is 4.79 Å². The Morgan fingerprint density at radius 2 is 1.85 bits per heavy atom. The van der Waals surface area contributed by atoms with Crippen molar-refractivity contribution in [1.82, 2.24) is 4.90 Å². The molecule has 0 aromatic heterocycles. The number of benzene rings is 2. The molecule has 0 aliphatic carbocycles. The van der Waals surface area contributed by atoms with E-state index in [1.54, 1.807) is 19.0 Å². The number of anilines is 1. The lowest BCUT2D eigenvalue weighted by atomic mass is 10.1. The maximum atomic E-state index is 11.8. The summed E-state index contributed by atoms with van der Waals surface area (Å²) in [7, 11) is 3.50. The van der Waals surface area contributed by atoms with Crippen molar-refractivity contribution < 1.29 is 4.79 Å². The lowest BCUT2D eigenvalue weighted by Crippen LogP contribution is -2.21. The molecule has 0 unspecified atom stereocenters. The highest BCUT2D eigenvalue weighted by atomic mass is 79.9. The largest absolute Gasteiger partial charge is 0.381 e. The molecule has 1 amide bonds. The average molecular weight is 333 g/mol. The SMILES string of the molecule is CN(C)C(=O)c1ccc(NCc2cccc(Br)c2)cc1. The molecule has 2 aromatic rings. The Balaban J connectivity index is 1.99. The number of nitrogens with one attached hydrogen (secondary N) is 1. The Kier molecular flexibility index (Phi) is 4.79. The van der Waals surface area contributed by atoms with Crippen molar-refractivity contribution in [3.63, 3.8) is 0 Å². The predicted molar refractivity (Wildman–Crippen MR) is 85.9 cm³/mol. The Labute approximate surface area is 127 Å². The van der Waals surface area contributed by atoms with Crippen LogP contribution in [0, 0.1) is 0 Å². The van der Waals surface area contributed by atoms with Crippen molar-refractivity contribution in [2.24, 2.45) is 0 Å². The number of halogens is 1. The minimum absolute atomic E-state index is 0.0172. The fourth-order valence-electron chi connectivity index (χ4n) is 1.84. The summed E-state index contributed by atoms with van der Waals surface area (Å²) < 4.78 is 1.07.